The van der Waals surface area contributed by atoms with Crippen molar-refractivity contribution >= 4 is 5.97 Å². The fraction of sp³-hybridized carbons (Fsp3) is 0.812. The van der Waals surface area contributed by atoms with Crippen LogP contribution in [0, 0.1) is 0 Å². The maximum absolute atomic E-state index is 11.4. The minimum Gasteiger partial charge on any atom is -0.462 e. The monoisotopic (exact) mass is 254 g/mol. The van der Waals surface area contributed by atoms with Crippen LogP contribution >= 0.6 is 0 Å². The van der Waals surface area contributed by atoms with Crippen molar-refractivity contribution in [3.8, 4) is 0 Å². The Bertz CT molecular complexity index is 221. The Kier molecular flexibility index (Phi) is 12.1. The third kappa shape index (κ3) is 10.4. The van der Waals surface area contributed by atoms with Gasteiger partial charge in [-0.1, -0.05) is 71.8 Å². The minimum atomic E-state index is -0.209. The predicted octanol–water partition coefficient (Wildman–Crippen LogP) is 5.03. The van der Waals surface area contributed by atoms with E-state index in [1.54, 1.807) is 0 Å². The highest BCUT2D eigenvalue weighted by Crippen LogP contribution is 2.09. The SMILES string of the molecule is C=C(CCC)C(=O)OCCCCCCCCCC. The van der Waals surface area contributed by atoms with Crippen LogP contribution in [0.2, 0.25) is 0 Å². The molecule has 0 N–H and O–H groups in total. The van der Waals surface area contributed by atoms with Gasteiger partial charge < -0.3 is 4.74 Å². The molecule has 0 unspecified atom stereocenters. The van der Waals surface area contributed by atoms with E-state index < -0.39 is 0 Å². The molecule has 0 atom stereocenters. The van der Waals surface area contributed by atoms with Crippen LogP contribution in [0.5, 0.6) is 0 Å². The van der Waals surface area contributed by atoms with E-state index in [1.807, 2.05) is 6.92 Å². The highest BCUT2D eigenvalue weighted by atomic mass is 16.5. The molecule has 0 aliphatic heterocycles. The van der Waals surface area contributed by atoms with Gasteiger partial charge in [-0.25, -0.2) is 4.79 Å². The fourth-order valence-corrected chi connectivity index (χ4v) is 1.91. The zero-order chi connectivity index (χ0) is 13.6. The average molecular weight is 254 g/mol. The van der Waals surface area contributed by atoms with E-state index in [4.69, 9.17) is 4.74 Å². The van der Waals surface area contributed by atoms with Gasteiger partial charge in [-0.2, -0.15) is 0 Å². The van der Waals surface area contributed by atoms with E-state index in [1.165, 1.54) is 44.9 Å². The Morgan fingerprint density at radius 3 is 2.00 bits per heavy atom. The van der Waals surface area contributed by atoms with Crippen molar-refractivity contribution < 1.29 is 9.53 Å². The van der Waals surface area contributed by atoms with E-state index in [0.29, 0.717) is 12.2 Å². The number of rotatable bonds is 12. The zero-order valence-electron chi connectivity index (χ0n) is 12.3. The number of carbonyl (C=O) groups is 1. The molecular formula is C16H30O2. The minimum absolute atomic E-state index is 0.209. The fourth-order valence-electron chi connectivity index (χ4n) is 1.91. The summed E-state index contributed by atoms with van der Waals surface area (Å²) in [6, 6.07) is 0. The first-order valence-corrected chi connectivity index (χ1v) is 7.57. The molecule has 0 aromatic rings. The van der Waals surface area contributed by atoms with Gasteiger partial charge >= 0.3 is 5.97 Å². The van der Waals surface area contributed by atoms with Crippen LogP contribution in [-0.2, 0) is 9.53 Å². The van der Waals surface area contributed by atoms with Crippen LogP contribution < -0.4 is 0 Å². The van der Waals surface area contributed by atoms with Gasteiger partial charge in [-0.3, -0.25) is 0 Å². The highest BCUT2D eigenvalue weighted by molar-refractivity contribution is 5.87. The second-order valence-electron chi connectivity index (χ2n) is 4.96. The molecule has 106 valence electrons. The van der Waals surface area contributed by atoms with E-state index in [-0.39, 0.29) is 5.97 Å². The summed E-state index contributed by atoms with van der Waals surface area (Å²) in [6.45, 7) is 8.55. The van der Waals surface area contributed by atoms with Gasteiger partial charge in [0.15, 0.2) is 0 Å². The van der Waals surface area contributed by atoms with Crippen molar-refractivity contribution in [1.29, 1.82) is 0 Å². The topological polar surface area (TPSA) is 26.3 Å². The first-order valence-electron chi connectivity index (χ1n) is 7.57. The maximum atomic E-state index is 11.4. The normalized spacial score (nSPS) is 10.3. The Morgan fingerprint density at radius 2 is 1.44 bits per heavy atom. The molecule has 0 rings (SSSR count). The van der Waals surface area contributed by atoms with E-state index in [0.717, 1.165) is 19.3 Å². The lowest BCUT2D eigenvalue weighted by Gasteiger charge is -2.06. The van der Waals surface area contributed by atoms with E-state index >= 15 is 0 Å². The van der Waals surface area contributed by atoms with Crippen LogP contribution in [0.4, 0.5) is 0 Å². The molecule has 0 bridgehead atoms. The Balaban J connectivity index is 3.25. The molecule has 0 saturated heterocycles. The summed E-state index contributed by atoms with van der Waals surface area (Å²) >= 11 is 0. The van der Waals surface area contributed by atoms with Gasteiger partial charge in [0.1, 0.15) is 0 Å². The Morgan fingerprint density at radius 1 is 0.889 bits per heavy atom. The van der Waals surface area contributed by atoms with Gasteiger partial charge in [-0.15, -0.1) is 0 Å². The summed E-state index contributed by atoms with van der Waals surface area (Å²) in [5.74, 6) is -0.209. The van der Waals surface area contributed by atoms with Gasteiger partial charge in [0.05, 0.1) is 6.61 Å². The molecule has 18 heavy (non-hydrogen) atoms. The molecule has 0 aliphatic carbocycles. The number of ether oxygens (including phenoxy) is 1. The molecular weight excluding hydrogens is 224 g/mol. The molecule has 0 saturated carbocycles. The molecule has 2 heteroatoms. The smallest absolute Gasteiger partial charge is 0.333 e. The lowest BCUT2D eigenvalue weighted by atomic mass is 10.1. The van der Waals surface area contributed by atoms with Crippen LogP contribution in [0.1, 0.15) is 78.1 Å². The first kappa shape index (κ1) is 17.2. The molecule has 0 aromatic carbocycles. The molecule has 0 aromatic heterocycles. The molecule has 0 heterocycles. The van der Waals surface area contributed by atoms with E-state index in [2.05, 4.69) is 13.5 Å². The molecule has 0 aliphatic rings. The van der Waals surface area contributed by atoms with Crippen molar-refractivity contribution in [2.75, 3.05) is 6.61 Å². The van der Waals surface area contributed by atoms with Crippen LogP contribution in [0.15, 0.2) is 12.2 Å². The molecule has 2 nitrogen and oxygen atoms in total. The summed E-state index contributed by atoms with van der Waals surface area (Å²) in [4.78, 5) is 11.4. The van der Waals surface area contributed by atoms with Gasteiger partial charge in [-0.05, 0) is 12.8 Å². The van der Waals surface area contributed by atoms with Crippen molar-refractivity contribution in [1.82, 2.24) is 0 Å². The molecule has 0 radical (unpaired) electrons. The average Bonchev–Trinajstić information content (AvgIpc) is 2.36. The number of hydrogen-bond acceptors (Lipinski definition) is 2. The summed E-state index contributed by atoms with van der Waals surface area (Å²) in [5, 5.41) is 0. The largest absolute Gasteiger partial charge is 0.462 e. The van der Waals surface area contributed by atoms with Crippen LogP contribution in [0.3, 0.4) is 0 Å². The summed E-state index contributed by atoms with van der Waals surface area (Å²) in [6.07, 6.45) is 11.8. The van der Waals surface area contributed by atoms with Crippen molar-refractivity contribution in [3.05, 3.63) is 12.2 Å². The quantitative estimate of drug-likeness (QED) is 0.277. The highest BCUT2D eigenvalue weighted by Gasteiger charge is 2.06. The third-order valence-electron chi connectivity index (χ3n) is 3.07. The summed E-state index contributed by atoms with van der Waals surface area (Å²) in [7, 11) is 0. The van der Waals surface area contributed by atoms with Crippen molar-refractivity contribution in [2.24, 2.45) is 0 Å². The molecule has 0 amide bonds. The molecule has 0 fully saturated rings. The second kappa shape index (κ2) is 12.7. The van der Waals surface area contributed by atoms with E-state index in [9.17, 15) is 4.79 Å². The number of esters is 1. The van der Waals surface area contributed by atoms with Crippen LogP contribution in [-0.4, -0.2) is 12.6 Å². The Labute approximate surface area is 113 Å². The number of unbranched alkanes of at least 4 members (excludes halogenated alkanes) is 7. The van der Waals surface area contributed by atoms with Gasteiger partial charge in [0, 0.05) is 5.57 Å². The first-order chi connectivity index (χ1) is 8.72. The predicted molar refractivity (Wildman–Crippen MR) is 77.6 cm³/mol. The summed E-state index contributed by atoms with van der Waals surface area (Å²) in [5.41, 5.74) is 0.608. The number of hydrogen-bond donors (Lipinski definition) is 0. The lowest BCUT2D eigenvalue weighted by molar-refractivity contribution is -0.139. The second-order valence-corrected chi connectivity index (χ2v) is 4.96. The molecule has 0 spiro atoms. The number of carbonyl (C=O) groups excluding carboxylic acids is 1. The lowest BCUT2D eigenvalue weighted by Crippen LogP contribution is -2.08. The third-order valence-corrected chi connectivity index (χ3v) is 3.07. The van der Waals surface area contributed by atoms with Crippen LogP contribution in [0.25, 0.3) is 0 Å². The zero-order valence-corrected chi connectivity index (χ0v) is 12.3. The van der Waals surface area contributed by atoms with Gasteiger partial charge in [0.25, 0.3) is 0 Å². The standard InChI is InChI=1S/C16H30O2/c1-4-6-7-8-9-10-11-12-14-18-16(17)15(3)13-5-2/h3-14H2,1-2H3. The van der Waals surface area contributed by atoms with Crippen molar-refractivity contribution in [2.45, 2.75) is 78.1 Å². The summed E-state index contributed by atoms with van der Waals surface area (Å²) < 4.78 is 5.16. The Hall–Kier alpha value is -0.790. The van der Waals surface area contributed by atoms with Gasteiger partial charge in [0.2, 0.25) is 0 Å². The van der Waals surface area contributed by atoms with Crippen molar-refractivity contribution in [3.63, 3.8) is 0 Å². The maximum Gasteiger partial charge on any atom is 0.333 e.